The zero-order valence-electron chi connectivity index (χ0n) is 13.7. The Hall–Kier alpha value is -2.20. The molecule has 1 aliphatic heterocycles. The van der Waals surface area contributed by atoms with Crippen molar-refractivity contribution < 1.29 is 9.90 Å². The van der Waals surface area contributed by atoms with E-state index < -0.39 is 0 Å². The Morgan fingerprint density at radius 2 is 1.71 bits per heavy atom. The van der Waals surface area contributed by atoms with Gasteiger partial charge in [0.2, 0.25) is 0 Å². The number of aliphatic hydroxyl groups is 1. The Bertz CT molecular complexity index is 728. The van der Waals surface area contributed by atoms with Crippen molar-refractivity contribution in [1.29, 1.82) is 0 Å². The van der Waals surface area contributed by atoms with Crippen LogP contribution in [0.1, 0.15) is 23.6 Å². The van der Waals surface area contributed by atoms with E-state index in [0.717, 1.165) is 17.7 Å². The first-order valence-corrected chi connectivity index (χ1v) is 9.06. The summed E-state index contributed by atoms with van der Waals surface area (Å²) in [7, 11) is 1.81. The molecule has 0 radical (unpaired) electrons. The molecule has 0 aromatic heterocycles. The van der Waals surface area contributed by atoms with Crippen molar-refractivity contribution in [2.75, 3.05) is 12.8 Å². The molecule has 0 aliphatic carbocycles. The summed E-state index contributed by atoms with van der Waals surface area (Å²) in [5.74, 6) is 0.898. The van der Waals surface area contributed by atoms with Crippen molar-refractivity contribution in [2.24, 2.45) is 0 Å². The molecule has 2 aromatic carbocycles. The van der Waals surface area contributed by atoms with Gasteiger partial charge in [-0.05, 0) is 17.5 Å². The normalized spacial score (nSPS) is 18.1. The van der Waals surface area contributed by atoms with E-state index in [1.807, 2.05) is 55.6 Å². The Morgan fingerprint density at radius 1 is 1.08 bits per heavy atom. The molecule has 124 valence electrons. The molecule has 1 N–H and O–H groups in total. The van der Waals surface area contributed by atoms with Gasteiger partial charge in [-0.3, -0.25) is 4.79 Å². The van der Waals surface area contributed by atoms with Crippen molar-refractivity contribution >= 4 is 17.7 Å². The maximum absolute atomic E-state index is 12.6. The van der Waals surface area contributed by atoms with Crippen LogP contribution in [0, 0.1) is 0 Å². The fourth-order valence-electron chi connectivity index (χ4n) is 2.92. The summed E-state index contributed by atoms with van der Waals surface area (Å²) in [6.45, 7) is 0. The van der Waals surface area contributed by atoms with Crippen LogP contribution in [0.3, 0.4) is 0 Å². The fourth-order valence-corrected chi connectivity index (χ4v) is 3.97. The number of carbonyl (C=O) groups excluding carboxylic acids is 1. The number of thioether (sulfide) groups is 1. The smallest absolute Gasteiger partial charge is 0.263 e. The van der Waals surface area contributed by atoms with Gasteiger partial charge in [0.05, 0.1) is 6.04 Å². The first-order chi connectivity index (χ1) is 11.7. The van der Waals surface area contributed by atoms with E-state index in [4.69, 9.17) is 0 Å². The summed E-state index contributed by atoms with van der Waals surface area (Å²) in [4.78, 5) is 14.9. The summed E-state index contributed by atoms with van der Waals surface area (Å²) in [6, 6.07) is 19.9. The minimum Gasteiger partial charge on any atom is -0.511 e. The number of rotatable bonds is 5. The lowest BCUT2D eigenvalue weighted by atomic mass is 9.98. The average molecular weight is 339 g/mol. The lowest BCUT2D eigenvalue weighted by Gasteiger charge is -2.33. The Balaban J connectivity index is 1.68. The van der Waals surface area contributed by atoms with Gasteiger partial charge in [-0.1, -0.05) is 60.7 Å². The fraction of sp³-hybridized carbons (Fsp3) is 0.250. The second-order valence-electron chi connectivity index (χ2n) is 5.91. The molecular weight excluding hydrogens is 318 g/mol. The predicted octanol–water partition coefficient (Wildman–Crippen LogP) is 4.34. The number of carbonyl (C=O) groups is 1. The molecule has 3 nitrogen and oxygen atoms in total. The van der Waals surface area contributed by atoms with Crippen LogP contribution in [0.2, 0.25) is 0 Å². The van der Waals surface area contributed by atoms with Gasteiger partial charge in [0, 0.05) is 19.2 Å². The third kappa shape index (κ3) is 3.65. The number of aliphatic hydroxyl groups excluding tert-OH is 1. The Kier molecular flexibility index (Phi) is 5.26. The lowest BCUT2D eigenvalue weighted by Crippen LogP contribution is -2.36. The van der Waals surface area contributed by atoms with E-state index in [1.54, 1.807) is 4.90 Å². The minimum absolute atomic E-state index is 0.0920. The monoisotopic (exact) mass is 339 g/mol. The van der Waals surface area contributed by atoms with Gasteiger partial charge in [-0.2, -0.15) is 0 Å². The van der Waals surface area contributed by atoms with E-state index in [-0.39, 0.29) is 17.7 Å². The highest BCUT2D eigenvalue weighted by molar-refractivity contribution is 8.04. The van der Waals surface area contributed by atoms with Gasteiger partial charge in [-0.15, -0.1) is 11.8 Å². The molecule has 1 heterocycles. The van der Waals surface area contributed by atoms with Crippen molar-refractivity contribution in [2.45, 2.75) is 18.9 Å². The largest absolute Gasteiger partial charge is 0.511 e. The molecule has 0 spiro atoms. The topological polar surface area (TPSA) is 40.5 Å². The lowest BCUT2D eigenvalue weighted by molar-refractivity contribution is -0.128. The molecule has 0 saturated heterocycles. The van der Waals surface area contributed by atoms with E-state index in [1.165, 1.54) is 17.3 Å². The molecule has 3 rings (SSSR count). The van der Waals surface area contributed by atoms with Gasteiger partial charge in [0.25, 0.3) is 5.91 Å². The van der Waals surface area contributed by atoms with E-state index in [0.29, 0.717) is 11.3 Å². The highest BCUT2D eigenvalue weighted by Gasteiger charge is 2.33. The molecule has 1 amide bonds. The molecule has 0 saturated carbocycles. The predicted molar refractivity (Wildman–Crippen MR) is 98.8 cm³/mol. The molecule has 4 heteroatoms. The molecule has 1 unspecified atom stereocenters. The maximum Gasteiger partial charge on any atom is 0.263 e. The summed E-state index contributed by atoms with van der Waals surface area (Å²) < 4.78 is 0. The van der Waals surface area contributed by atoms with Crippen LogP contribution in [-0.4, -0.2) is 28.7 Å². The van der Waals surface area contributed by atoms with Crippen LogP contribution in [0.25, 0.3) is 0 Å². The number of amides is 1. The zero-order valence-corrected chi connectivity index (χ0v) is 14.5. The highest BCUT2D eigenvalue weighted by atomic mass is 32.2. The first-order valence-electron chi connectivity index (χ1n) is 8.07. The van der Waals surface area contributed by atoms with Gasteiger partial charge >= 0.3 is 0 Å². The van der Waals surface area contributed by atoms with Crippen LogP contribution >= 0.6 is 11.8 Å². The van der Waals surface area contributed by atoms with Crippen LogP contribution < -0.4 is 0 Å². The van der Waals surface area contributed by atoms with Crippen LogP contribution in [0.15, 0.2) is 71.3 Å². The summed E-state index contributed by atoms with van der Waals surface area (Å²) in [5, 5.41) is 10.4. The third-order valence-electron chi connectivity index (χ3n) is 4.30. The SMILES string of the molecule is CN1C(=O)C(SCCc2ccccc2)=C(O)CC1c1ccccc1. The zero-order chi connectivity index (χ0) is 16.9. The van der Waals surface area contributed by atoms with E-state index in [2.05, 4.69) is 12.1 Å². The van der Waals surface area contributed by atoms with Crippen molar-refractivity contribution in [1.82, 2.24) is 4.90 Å². The van der Waals surface area contributed by atoms with Crippen molar-refractivity contribution in [3.05, 3.63) is 82.5 Å². The Labute approximate surface area is 147 Å². The number of aryl methyl sites for hydroxylation is 1. The maximum atomic E-state index is 12.6. The standard InChI is InChI=1S/C20H21NO2S/c1-21-17(16-10-6-3-7-11-16)14-18(22)19(20(21)23)24-13-12-15-8-4-2-5-9-15/h2-11,17,22H,12-14H2,1H3. The van der Waals surface area contributed by atoms with Crippen LogP contribution in [0.5, 0.6) is 0 Å². The number of hydrogen-bond acceptors (Lipinski definition) is 3. The number of nitrogens with zero attached hydrogens (tertiary/aromatic N) is 1. The number of likely N-dealkylation sites (N-methyl/N-ethyl adjacent to an activating group) is 1. The second kappa shape index (κ2) is 7.58. The summed E-state index contributed by atoms with van der Waals surface area (Å²) >= 11 is 1.45. The van der Waals surface area contributed by atoms with Gasteiger partial charge in [0.1, 0.15) is 10.7 Å². The summed E-state index contributed by atoms with van der Waals surface area (Å²) in [5.41, 5.74) is 2.29. The second-order valence-corrected chi connectivity index (χ2v) is 7.01. The van der Waals surface area contributed by atoms with Crippen LogP contribution in [0.4, 0.5) is 0 Å². The van der Waals surface area contributed by atoms with Gasteiger partial charge in [0.15, 0.2) is 0 Å². The molecule has 1 aliphatic rings. The molecule has 0 bridgehead atoms. The summed E-state index contributed by atoms with van der Waals surface area (Å²) in [6.07, 6.45) is 1.35. The molecule has 2 aromatic rings. The average Bonchev–Trinajstić information content (AvgIpc) is 2.62. The highest BCUT2D eigenvalue weighted by Crippen LogP contribution is 2.36. The van der Waals surface area contributed by atoms with Gasteiger partial charge in [-0.25, -0.2) is 0 Å². The number of hydrogen-bond donors (Lipinski definition) is 1. The van der Waals surface area contributed by atoms with E-state index in [9.17, 15) is 9.90 Å². The molecular formula is C20H21NO2S. The van der Waals surface area contributed by atoms with Gasteiger partial charge < -0.3 is 10.0 Å². The van der Waals surface area contributed by atoms with Crippen molar-refractivity contribution in [3.63, 3.8) is 0 Å². The Morgan fingerprint density at radius 3 is 2.38 bits per heavy atom. The first kappa shape index (κ1) is 16.7. The number of benzene rings is 2. The molecule has 0 fully saturated rings. The third-order valence-corrected chi connectivity index (χ3v) is 5.40. The van der Waals surface area contributed by atoms with Crippen LogP contribution in [-0.2, 0) is 11.2 Å². The molecule has 24 heavy (non-hydrogen) atoms. The van der Waals surface area contributed by atoms with Crippen molar-refractivity contribution in [3.8, 4) is 0 Å². The minimum atomic E-state index is -0.0998. The van der Waals surface area contributed by atoms with E-state index >= 15 is 0 Å². The quantitative estimate of drug-likeness (QED) is 0.881. The molecule has 1 atom stereocenters.